The first-order valence-electron chi connectivity index (χ1n) is 9.16. The summed E-state index contributed by atoms with van der Waals surface area (Å²) in [5.41, 5.74) is 0.344. The maximum atomic E-state index is 13.7. The van der Waals surface area contributed by atoms with Crippen molar-refractivity contribution in [3.05, 3.63) is 59.9 Å². The van der Waals surface area contributed by atoms with Gasteiger partial charge in [0.05, 0.1) is 17.9 Å². The molecule has 1 amide bonds. The Morgan fingerprint density at radius 2 is 1.68 bits per heavy atom. The predicted octanol–water partition coefficient (Wildman–Crippen LogP) is 2.30. The van der Waals surface area contributed by atoms with E-state index in [0.29, 0.717) is 17.9 Å². The van der Waals surface area contributed by atoms with Gasteiger partial charge < -0.3 is 9.64 Å². The van der Waals surface area contributed by atoms with Gasteiger partial charge >= 0.3 is 0 Å². The monoisotopic (exact) mass is 406 g/mol. The maximum absolute atomic E-state index is 13.7. The van der Waals surface area contributed by atoms with E-state index in [9.17, 15) is 17.6 Å². The minimum atomic E-state index is -3.63. The second-order valence-electron chi connectivity index (χ2n) is 6.46. The van der Waals surface area contributed by atoms with Gasteiger partial charge in [-0.1, -0.05) is 18.2 Å². The molecule has 0 bridgehead atoms. The fraction of sp³-hybridized carbons (Fsp3) is 0.350. The van der Waals surface area contributed by atoms with E-state index in [-0.39, 0.29) is 43.4 Å². The van der Waals surface area contributed by atoms with Crippen molar-refractivity contribution in [2.24, 2.45) is 0 Å². The second kappa shape index (κ2) is 8.70. The summed E-state index contributed by atoms with van der Waals surface area (Å²) in [4.78, 5) is 14.2. The van der Waals surface area contributed by atoms with Crippen LogP contribution >= 0.6 is 0 Å². The molecule has 8 heteroatoms. The first kappa shape index (κ1) is 20.3. The van der Waals surface area contributed by atoms with Gasteiger partial charge in [0.2, 0.25) is 15.9 Å². The fourth-order valence-electron chi connectivity index (χ4n) is 3.12. The zero-order valence-corrected chi connectivity index (χ0v) is 16.5. The highest BCUT2D eigenvalue weighted by Gasteiger charge is 2.30. The summed E-state index contributed by atoms with van der Waals surface area (Å²) in [5, 5.41) is 0. The molecule has 0 spiro atoms. The van der Waals surface area contributed by atoms with Gasteiger partial charge in [0.1, 0.15) is 11.6 Å². The molecule has 6 nitrogen and oxygen atoms in total. The van der Waals surface area contributed by atoms with E-state index < -0.39 is 15.8 Å². The number of rotatable bonds is 6. The van der Waals surface area contributed by atoms with Gasteiger partial charge in [-0.05, 0) is 42.8 Å². The number of hydrogen-bond donors (Lipinski definition) is 0. The van der Waals surface area contributed by atoms with Crippen molar-refractivity contribution in [1.29, 1.82) is 0 Å². The minimum absolute atomic E-state index is 0.0295. The Morgan fingerprint density at radius 1 is 1.04 bits per heavy atom. The van der Waals surface area contributed by atoms with Gasteiger partial charge in [-0.2, -0.15) is 4.31 Å². The lowest BCUT2D eigenvalue weighted by Crippen LogP contribution is -2.50. The quantitative estimate of drug-likeness (QED) is 0.738. The Bertz CT molecular complexity index is 923. The van der Waals surface area contributed by atoms with E-state index in [1.807, 2.05) is 6.92 Å². The Labute approximate surface area is 164 Å². The summed E-state index contributed by atoms with van der Waals surface area (Å²) in [6, 6.07) is 12.5. The largest absolute Gasteiger partial charge is 0.494 e. The first-order chi connectivity index (χ1) is 13.4. The third kappa shape index (κ3) is 4.51. The smallest absolute Gasteiger partial charge is 0.243 e. The summed E-state index contributed by atoms with van der Waals surface area (Å²) in [6.45, 7) is 3.34. The third-order valence-corrected chi connectivity index (χ3v) is 6.58. The Morgan fingerprint density at radius 3 is 2.29 bits per heavy atom. The molecule has 0 saturated carbocycles. The molecule has 150 valence electrons. The molecule has 0 atom stereocenters. The fourth-order valence-corrected chi connectivity index (χ4v) is 4.54. The van der Waals surface area contributed by atoms with Gasteiger partial charge in [0.15, 0.2) is 0 Å². The highest BCUT2D eigenvalue weighted by molar-refractivity contribution is 7.89. The van der Waals surface area contributed by atoms with E-state index in [4.69, 9.17) is 4.74 Å². The van der Waals surface area contributed by atoms with Crippen molar-refractivity contribution in [3.63, 3.8) is 0 Å². The molecule has 2 aromatic rings. The number of benzene rings is 2. The first-order valence-corrected chi connectivity index (χ1v) is 10.6. The van der Waals surface area contributed by atoms with Crippen molar-refractivity contribution >= 4 is 15.9 Å². The van der Waals surface area contributed by atoms with Crippen molar-refractivity contribution in [2.75, 3.05) is 32.8 Å². The zero-order chi connectivity index (χ0) is 20.1. The van der Waals surface area contributed by atoms with Gasteiger partial charge in [0.25, 0.3) is 0 Å². The lowest BCUT2D eigenvalue weighted by atomic mass is 10.1. The molecule has 2 aromatic carbocycles. The summed E-state index contributed by atoms with van der Waals surface area (Å²) in [6.07, 6.45) is -0.0295. The molecule has 1 aliphatic heterocycles. The highest BCUT2D eigenvalue weighted by atomic mass is 32.2. The van der Waals surface area contributed by atoms with Gasteiger partial charge in [-0.15, -0.1) is 0 Å². The van der Waals surface area contributed by atoms with Crippen LogP contribution in [-0.4, -0.2) is 56.3 Å². The molecular formula is C20H23FN2O4S. The molecule has 1 heterocycles. The molecule has 1 aliphatic rings. The third-order valence-electron chi connectivity index (χ3n) is 4.66. The van der Waals surface area contributed by atoms with Gasteiger partial charge in [-0.25, -0.2) is 12.8 Å². The number of sulfonamides is 1. The van der Waals surface area contributed by atoms with Crippen LogP contribution in [0, 0.1) is 5.82 Å². The molecule has 28 heavy (non-hydrogen) atoms. The summed E-state index contributed by atoms with van der Waals surface area (Å²) in [7, 11) is -3.63. The molecule has 0 radical (unpaired) electrons. The standard InChI is InChI=1S/C20H23FN2O4S/c1-2-27-17-7-9-18(10-8-17)28(25,26)23-13-11-22(12-14-23)20(24)15-16-5-3-4-6-19(16)21/h3-10H,2,11-15H2,1H3. The lowest BCUT2D eigenvalue weighted by Gasteiger charge is -2.34. The number of hydrogen-bond acceptors (Lipinski definition) is 4. The average molecular weight is 406 g/mol. The van der Waals surface area contributed by atoms with Crippen LogP contribution in [0.2, 0.25) is 0 Å². The van der Waals surface area contributed by atoms with Gasteiger partial charge in [0, 0.05) is 26.2 Å². The highest BCUT2D eigenvalue weighted by Crippen LogP contribution is 2.21. The van der Waals surface area contributed by atoms with Crippen LogP contribution in [0.4, 0.5) is 4.39 Å². The molecular weight excluding hydrogens is 383 g/mol. The maximum Gasteiger partial charge on any atom is 0.243 e. The molecule has 3 rings (SSSR count). The van der Waals surface area contributed by atoms with E-state index in [0.717, 1.165) is 0 Å². The topological polar surface area (TPSA) is 66.9 Å². The van der Waals surface area contributed by atoms with E-state index >= 15 is 0 Å². The molecule has 1 saturated heterocycles. The summed E-state index contributed by atoms with van der Waals surface area (Å²) >= 11 is 0. The number of carbonyl (C=O) groups is 1. The van der Waals surface area contributed by atoms with E-state index in [1.165, 1.54) is 22.5 Å². The van der Waals surface area contributed by atoms with Crippen LogP contribution in [0.5, 0.6) is 5.75 Å². The average Bonchev–Trinajstić information content (AvgIpc) is 2.70. The van der Waals surface area contributed by atoms with Crippen molar-refractivity contribution in [2.45, 2.75) is 18.2 Å². The number of amides is 1. The zero-order valence-electron chi connectivity index (χ0n) is 15.7. The van der Waals surface area contributed by atoms with E-state index in [1.54, 1.807) is 35.2 Å². The van der Waals surface area contributed by atoms with Crippen LogP contribution in [0.1, 0.15) is 12.5 Å². The summed E-state index contributed by atoms with van der Waals surface area (Å²) in [5.74, 6) is 0.000730. The lowest BCUT2D eigenvalue weighted by molar-refractivity contribution is -0.131. The Hall–Kier alpha value is -2.45. The van der Waals surface area contributed by atoms with Crippen molar-refractivity contribution < 1.29 is 22.3 Å². The number of nitrogens with zero attached hydrogens (tertiary/aromatic N) is 2. The normalized spacial score (nSPS) is 15.4. The molecule has 0 unspecified atom stereocenters. The van der Waals surface area contributed by atoms with Crippen LogP contribution in [0.3, 0.4) is 0 Å². The van der Waals surface area contributed by atoms with Gasteiger partial charge in [-0.3, -0.25) is 4.79 Å². The van der Waals surface area contributed by atoms with Crippen LogP contribution < -0.4 is 4.74 Å². The second-order valence-corrected chi connectivity index (χ2v) is 8.40. The SMILES string of the molecule is CCOc1ccc(S(=O)(=O)N2CCN(C(=O)Cc3ccccc3F)CC2)cc1. The molecule has 1 fully saturated rings. The van der Waals surface area contributed by atoms with Crippen LogP contribution in [0.25, 0.3) is 0 Å². The molecule has 0 N–H and O–H groups in total. The number of carbonyl (C=O) groups excluding carboxylic acids is 1. The number of ether oxygens (including phenoxy) is 1. The number of piperazine rings is 1. The van der Waals surface area contributed by atoms with Crippen molar-refractivity contribution in [1.82, 2.24) is 9.21 Å². The summed E-state index contributed by atoms with van der Waals surface area (Å²) < 4.78 is 46.0. The Balaban J connectivity index is 1.61. The van der Waals surface area contributed by atoms with E-state index in [2.05, 4.69) is 0 Å². The molecule has 0 aromatic heterocycles. The number of halogens is 1. The minimum Gasteiger partial charge on any atom is -0.494 e. The predicted molar refractivity (Wildman–Crippen MR) is 103 cm³/mol. The van der Waals surface area contributed by atoms with Crippen LogP contribution in [0.15, 0.2) is 53.4 Å². The molecule has 0 aliphatic carbocycles. The van der Waals surface area contributed by atoms with Crippen molar-refractivity contribution in [3.8, 4) is 5.75 Å². The Kier molecular flexibility index (Phi) is 6.31. The van der Waals surface area contributed by atoms with Crippen LogP contribution in [-0.2, 0) is 21.2 Å².